The van der Waals surface area contributed by atoms with Crippen LogP contribution < -0.4 is 10.1 Å². The SMILES string of the molecule is CN1C[C@H]2COC[C@@H]1CN(C(=O)Nc1ccc(Oc3ccccc3)cc1)C2. The lowest BCUT2D eigenvalue weighted by atomic mass is 10.1. The molecule has 0 unspecified atom stereocenters. The van der Waals surface area contributed by atoms with E-state index in [2.05, 4.69) is 17.3 Å². The van der Waals surface area contributed by atoms with Gasteiger partial charge in [0.05, 0.1) is 19.3 Å². The summed E-state index contributed by atoms with van der Waals surface area (Å²) >= 11 is 0. The Morgan fingerprint density at radius 1 is 1.00 bits per heavy atom. The number of rotatable bonds is 3. The third-order valence-electron chi connectivity index (χ3n) is 5.11. The Bertz CT molecular complexity index is 766. The molecule has 2 bridgehead atoms. The summed E-state index contributed by atoms with van der Waals surface area (Å²) in [6, 6.07) is 17.3. The maximum absolute atomic E-state index is 12.8. The number of fused-ring (bicyclic) bond motifs is 3. The number of nitrogens with zero attached hydrogens (tertiary/aromatic N) is 2. The summed E-state index contributed by atoms with van der Waals surface area (Å²) in [5.41, 5.74) is 0.763. The fourth-order valence-corrected chi connectivity index (χ4v) is 3.65. The number of ether oxygens (including phenoxy) is 2. The van der Waals surface area contributed by atoms with E-state index >= 15 is 0 Å². The Morgan fingerprint density at radius 3 is 2.52 bits per heavy atom. The van der Waals surface area contributed by atoms with Gasteiger partial charge in [-0.05, 0) is 43.4 Å². The number of likely N-dealkylation sites (N-methyl/N-ethyl adjacent to an activating group) is 1. The smallest absolute Gasteiger partial charge is 0.321 e. The van der Waals surface area contributed by atoms with Gasteiger partial charge >= 0.3 is 6.03 Å². The average molecular weight is 367 g/mol. The molecule has 2 aromatic carbocycles. The van der Waals surface area contributed by atoms with Gasteiger partial charge in [-0.3, -0.25) is 4.90 Å². The van der Waals surface area contributed by atoms with Crippen molar-refractivity contribution < 1.29 is 14.3 Å². The van der Waals surface area contributed by atoms with Crippen LogP contribution in [0.25, 0.3) is 0 Å². The van der Waals surface area contributed by atoms with Crippen LogP contribution in [-0.4, -0.2) is 61.8 Å². The Kier molecular flexibility index (Phi) is 5.27. The van der Waals surface area contributed by atoms with E-state index in [4.69, 9.17) is 9.47 Å². The van der Waals surface area contributed by atoms with Crippen molar-refractivity contribution in [3.8, 4) is 11.5 Å². The van der Waals surface area contributed by atoms with E-state index in [-0.39, 0.29) is 12.1 Å². The molecule has 142 valence electrons. The van der Waals surface area contributed by atoms with Crippen molar-refractivity contribution in [1.82, 2.24) is 9.80 Å². The first-order valence-corrected chi connectivity index (χ1v) is 9.34. The lowest BCUT2D eigenvalue weighted by Gasteiger charge is -2.29. The second-order valence-corrected chi connectivity index (χ2v) is 7.27. The number of carbonyl (C=O) groups is 1. The highest BCUT2D eigenvalue weighted by molar-refractivity contribution is 5.89. The van der Waals surface area contributed by atoms with Gasteiger partial charge in [0.2, 0.25) is 0 Å². The molecule has 0 saturated carbocycles. The Labute approximate surface area is 159 Å². The second-order valence-electron chi connectivity index (χ2n) is 7.27. The number of anilines is 1. The van der Waals surface area contributed by atoms with Gasteiger partial charge in [-0.25, -0.2) is 4.79 Å². The number of hydrogen-bond acceptors (Lipinski definition) is 4. The minimum atomic E-state index is -0.0565. The number of nitrogens with one attached hydrogen (secondary N) is 1. The molecule has 27 heavy (non-hydrogen) atoms. The first kappa shape index (κ1) is 17.8. The van der Waals surface area contributed by atoms with Crippen LogP contribution >= 0.6 is 0 Å². The molecule has 2 aromatic rings. The molecule has 2 aliphatic heterocycles. The first-order chi connectivity index (χ1) is 13.2. The molecule has 4 rings (SSSR count). The van der Waals surface area contributed by atoms with Gasteiger partial charge in [0.1, 0.15) is 11.5 Å². The maximum atomic E-state index is 12.8. The van der Waals surface area contributed by atoms with Gasteiger partial charge in [-0.1, -0.05) is 18.2 Å². The quantitative estimate of drug-likeness (QED) is 0.905. The van der Waals surface area contributed by atoms with E-state index in [1.807, 2.05) is 59.5 Å². The van der Waals surface area contributed by atoms with Crippen molar-refractivity contribution in [1.29, 1.82) is 0 Å². The third kappa shape index (κ3) is 4.40. The van der Waals surface area contributed by atoms with Gasteiger partial charge in [0.15, 0.2) is 0 Å². The van der Waals surface area contributed by atoms with E-state index < -0.39 is 0 Å². The van der Waals surface area contributed by atoms with Crippen LogP contribution in [0.2, 0.25) is 0 Å². The summed E-state index contributed by atoms with van der Waals surface area (Å²) in [7, 11) is 2.11. The molecule has 2 amide bonds. The normalized spacial score (nSPS) is 22.8. The maximum Gasteiger partial charge on any atom is 0.321 e. The monoisotopic (exact) mass is 367 g/mol. The number of benzene rings is 2. The zero-order chi connectivity index (χ0) is 18.6. The third-order valence-corrected chi connectivity index (χ3v) is 5.11. The summed E-state index contributed by atoms with van der Waals surface area (Å²) in [5.74, 6) is 1.88. The van der Waals surface area contributed by atoms with E-state index in [1.165, 1.54) is 0 Å². The predicted molar refractivity (Wildman–Crippen MR) is 104 cm³/mol. The van der Waals surface area contributed by atoms with E-state index in [0.717, 1.165) is 36.9 Å². The summed E-state index contributed by atoms with van der Waals surface area (Å²) in [4.78, 5) is 17.0. The van der Waals surface area contributed by atoms with Crippen molar-refractivity contribution in [3.63, 3.8) is 0 Å². The van der Waals surface area contributed by atoms with Gasteiger partial charge in [0, 0.05) is 31.2 Å². The number of urea groups is 1. The summed E-state index contributed by atoms with van der Waals surface area (Å²) in [6.07, 6.45) is 0. The highest BCUT2D eigenvalue weighted by Crippen LogP contribution is 2.23. The van der Waals surface area contributed by atoms with Crippen molar-refractivity contribution >= 4 is 11.7 Å². The lowest BCUT2D eigenvalue weighted by molar-refractivity contribution is 0.0643. The van der Waals surface area contributed by atoms with Gasteiger partial charge in [0.25, 0.3) is 0 Å². The van der Waals surface area contributed by atoms with Gasteiger partial charge in [-0.15, -0.1) is 0 Å². The van der Waals surface area contributed by atoms with E-state index in [9.17, 15) is 4.79 Å². The fraction of sp³-hybridized carbons (Fsp3) is 0.381. The molecular weight excluding hydrogens is 342 g/mol. The van der Waals surface area contributed by atoms with E-state index in [0.29, 0.717) is 19.1 Å². The molecule has 2 saturated heterocycles. The molecule has 0 aliphatic carbocycles. The van der Waals surface area contributed by atoms with Crippen LogP contribution in [0, 0.1) is 5.92 Å². The van der Waals surface area contributed by atoms with Crippen LogP contribution in [-0.2, 0) is 4.74 Å². The molecule has 2 fully saturated rings. The second kappa shape index (κ2) is 7.98. The predicted octanol–water partition coefficient (Wildman–Crippen LogP) is 3.27. The number of hydrogen-bond donors (Lipinski definition) is 1. The van der Waals surface area contributed by atoms with Crippen LogP contribution in [0.1, 0.15) is 0 Å². The highest BCUT2D eigenvalue weighted by Gasteiger charge is 2.33. The topological polar surface area (TPSA) is 54.0 Å². The molecule has 0 aromatic heterocycles. The summed E-state index contributed by atoms with van der Waals surface area (Å²) in [5, 5.41) is 3.01. The lowest BCUT2D eigenvalue weighted by Crippen LogP contribution is -2.46. The highest BCUT2D eigenvalue weighted by atomic mass is 16.5. The Hall–Kier alpha value is -2.57. The summed E-state index contributed by atoms with van der Waals surface area (Å²) < 4.78 is 11.5. The van der Waals surface area contributed by atoms with Crippen LogP contribution in [0.5, 0.6) is 11.5 Å². The molecule has 2 aliphatic rings. The molecule has 0 spiro atoms. The van der Waals surface area contributed by atoms with Crippen molar-refractivity contribution in [2.24, 2.45) is 5.92 Å². The molecule has 6 heteroatoms. The minimum absolute atomic E-state index is 0.0565. The summed E-state index contributed by atoms with van der Waals surface area (Å²) in [6.45, 7) is 3.79. The first-order valence-electron chi connectivity index (χ1n) is 9.34. The minimum Gasteiger partial charge on any atom is -0.457 e. The molecular formula is C21H25N3O3. The molecule has 0 radical (unpaired) electrons. The van der Waals surface area contributed by atoms with Crippen molar-refractivity contribution in [3.05, 3.63) is 54.6 Å². The van der Waals surface area contributed by atoms with Crippen molar-refractivity contribution in [2.75, 3.05) is 45.2 Å². The number of para-hydroxylation sites is 1. The fourth-order valence-electron chi connectivity index (χ4n) is 3.65. The van der Waals surface area contributed by atoms with Crippen LogP contribution in [0.3, 0.4) is 0 Å². The van der Waals surface area contributed by atoms with E-state index in [1.54, 1.807) is 0 Å². The van der Waals surface area contributed by atoms with Gasteiger partial charge in [-0.2, -0.15) is 0 Å². The van der Waals surface area contributed by atoms with Gasteiger partial charge < -0.3 is 19.7 Å². The Morgan fingerprint density at radius 2 is 1.74 bits per heavy atom. The van der Waals surface area contributed by atoms with Crippen LogP contribution in [0.15, 0.2) is 54.6 Å². The molecule has 1 N–H and O–H groups in total. The largest absolute Gasteiger partial charge is 0.457 e. The molecule has 2 heterocycles. The average Bonchev–Trinajstić information content (AvgIpc) is 2.93. The van der Waals surface area contributed by atoms with Crippen molar-refractivity contribution in [2.45, 2.75) is 6.04 Å². The standard InChI is InChI=1S/C21H25N3O3/c1-23-11-16-12-24(13-18(23)15-26-14-16)21(25)22-17-7-9-20(10-8-17)27-19-5-3-2-4-6-19/h2-10,16,18H,11-15H2,1H3,(H,22,25)/t16-,18+/m1/s1. The Balaban J connectivity index is 1.38. The number of carbonyl (C=O) groups excluding carboxylic acids is 1. The zero-order valence-corrected chi connectivity index (χ0v) is 15.5. The number of amides is 2. The molecule has 2 atom stereocenters. The zero-order valence-electron chi connectivity index (χ0n) is 15.5. The molecule has 6 nitrogen and oxygen atoms in total. The van der Waals surface area contributed by atoms with Crippen LogP contribution in [0.4, 0.5) is 10.5 Å².